The summed E-state index contributed by atoms with van der Waals surface area (Å²) in [5, 5.41) is 1.65. The Labute approximate surface area is 104 Å². The first-order chi connectivity index (χ1) is 8.34. The van der Waals surface area contributed by atoms with Crippen LogP contribution in [0.2, 0.25) is 5.02 Å². The molecule has 0 bridgehead atoms. The Morgan fingerprint density at radius 3 is 2.35 bits per heavy atom. The maximum atomic E-state index is 6.25. The second kappa shape index (κ2) is 4.19. The van der Waals surface area contributed by atoms with Crippen molar-refractivity contribution in [3.05, 3.63) is 65.7 Å². The lowest BCUT2D eigenvalue weighted by molar-refractivity contribution is 0.620. The SMILES string of the molecule is Clc1cc(-c2ccccc2)[o+]c2ccccc12. The van der Waals surface area contributed by atoms with Crippen molar-refractivity contribution >= 4 is 22.6 Å². The molecular formula is C15H10ClO+. The third-order valence-electron chi connectivity index (χ3n) is 2.68. The van der Waals surface area contributed by atoms with Gasteiger partial charge in [0.2, 0.25) is 0 Å². The van der Waals surface area contributed by atoms with Gasteiger partial charge in [-0.25, -0.2) is 4.42 Å². The summed E-state index contributed by atoms with van der Waals surface area (Å²) >= 11 is 6.25. The maximum Gasteiger partial charge on any atom is 0.362 e. The fraction of sp³-hybridized carbons (Fsp3) is 0. The molecule has 0 N–H and O–H groups in total. The molecule has 17 heavy (non-hydrogen) atoms. The van der Waals surface area contributed by atoms with E-state index in [0.29, 0.717) is 5.02 Å². The van der Waals surface area contributed by atoms with Crippen LogP contribution in [0.4, 0.5) is 0 Å². The fourth-order valence-electron chi connectivity index (χ4n) is 1.84. The van der Waals surface area contributed by atoms with E-state index in [9.17, 15) is 0 Å². The summed E-state index contributed by atoms with van der Waals surface area (Å²) in [6.07, 6.45) is 0. The first kappa shape index (κ1) is 10.3. The summed E-state index contributed by atoms with van der Waals surface area (Å²) in [7, 11) is 0. The van der Waals surface area contributed by atoms with Crippen LogP contribution in [0.3, 0.4) is 0 Å². The molecule has 0 atom stereocenters. The molecule has 2 heteroatoms. The lowest BCUT2D eigenvalue weighted by atomic mass is 10.1. The van der Waals surface area contributed by atoms with Gasteiger partial charge in [0, 0.05) is 6.07 Å². The molecule has 0 fully saturated rings. The molecule has 1 heterocycles. The highest BCUT2D eigenvalue weighted by atomic mass is 35.5. The number of para-hydroxylation sites is 1. The van der Waals surface area contributed by atoms with Gasteiger partial charge in [-0.3, -0.25) is 0 Å². The highest BCUT2D eigenvalue weighted by molar-refractivity contribution is 6.35. The van der Waals surface area contributed by atoms with Crippen molar-refractivity contribution in [2.45, 2.75) is 0 Å². The van der Waals surface area contributed by atoms with E-state index >= 15 is 0 Å². The number of rotatable bonds is 1. The smallest absolute Gasteiger partial charge is 0.207 e. The fourth-order valence-corrected chi connectivity index (χ4v) is 2.09. The van der Waals surface area contributed by atoms with Crippen LogP contribution in [0.15, 0.2) is 65.1 Å². The number of halogens is 1. The van der Waals surface area contributed by atoms with Crippen molar-refractivity contribution < 1.29 is 4.42 Å². The predicted octanol–water partition coefficient (Wildman–Crippen LogP) is 5.03. The van der Waals surface area contributed by atoms with E-state index < -0.39 is 0 Å². The van der Waals surface area contributed by atoms with Gasteiger partial charge in [0.05, 0.1) is 22.0 Å². The molecular weight excluding hydrogens is 232 g/mol. The van der Waals surface area contributed by atoms with Gasteiger partial charge in [0.15, 0.2) is 0 Å². The molecule has 1 aromatic heterocycles. The van der Waals surface area contributed by atoms with E-state index in [1.54, 1.807) is 0 Å². The van der Waals surface area contributed by atoms with Crippen LogP contribution in [0, 0.1) is 0 Å². The Kier molecular flexibility index (Phi) is 2.54. The maximum absolute atomic E-state index is 6.25. The molecule has 0 unspecified atom stereocenters. The van der Waals surface area contributed by atoms with Gasteiger partial charge in [-0.05, 0) is 18.2 Å². The molecule has 0 aliphatic carbocycles. The minimum atomic E-state index is 0.714. The number of fused-ring (bicyclic) bond motifs is 1. The minimum Gasteiger partial charge on any atom is -0.207 e. The lowest BCUT2D eigenvalue weighted by Crippen LogP contribution is -1.80. The molecule has 82 valence electrons. The Hall–Kier alpha value is -1.86. The lowest BCUT2D eigenvalue weighted by Gasteiger charge is -1.95. The van der Waals surface area contributed by atoms with Crippen LogP contribution < -0.4 is 0 Å². The quantitative estimate of drug-likeness (QED) is 0.544. The highest BCUT2D eigenvalue weighted by Gasteiger charge is 2.17. The van der Waals surface area contributed by atoms with Gasteiger partial charge in [-0.15, -0.1) is 0 Å². The van der Waals surface area contributed by atoms with Gasteiger partial charge < -0.3 is 0 Å². The van der Waals surface area contributed by atoms with Crippen LogP contribution >= 0.6 is 11.6 Å². The van der Waals surface area contributed by atoms with Gasteiger partial charge in [-0.1, -0.05) is 41.9 Å². The Bertz CT molecular complexity index is 662. The van der Waals surface area contributed by atoms with Crippen LogP contribution in [0.1, 0.15) is 0 Å². The van der Waals surface area contributed by atoms with E-state index in [-0.39, 0.29) is 0 Å². The Balaban J connectivity index is 2.26. The summed E-state index contributed by atoms with van der Waals surface area (Å²) in [6.45, 7) is 0. The van der Waals surface area contributed by atoms with Crippen molar-refractivity contribution in [1.82, 2.24) is 0 Å². The van der Waals surface area contributed by atoms with E-state index in [1.807, 2.05) is 60.7 Å². The molecule has 1 nitrogen and oxygen atoms in total. The van der Waals surface area contributed by atoms with Crippen LogP contribution in [-0.2, 0) is 0 Å². The zero-order valence-electron chi connectivity index (χ0n) is 9.06. The van der Waals surface area contributed by atoms with Gasteiger partial charge >= 0.3 is 11.3 Å². The average molecular weight is 242 g/mol. The highest BCUT2D eigenvalue weighted by Crippen LogP contribution is 2.30. The molecule has 0 amide bonds. The standard InChI is InChI=1S/C15H10ClO/c16-13-10-15(11-6-2-1-3-7-11)17-14-9-5-4-8-12(13)14/h1-10H/q+1. The minimum absolute atomic E-state index is 0.714. The topological polar surface area (TPSA) is 11.3 Å². The molecule has 0 saturated carbocycles. The van der Waals surface area contributed by atoms with Gasteiger partial charge in [0.25, 0.3) is 0 Å². The third-order valence-corrected chi connectivity index (χ3v) is 2.99. The summed E-state index contributed by atoms with van der Waals surface area (Å²) in [4.78, 5) is 0. The zero-order chi connectivity index (χ0) is 11.7. The Morgan fingerprint density at radius 1 is 0.824 bits per heavy atom. The molecule has 0 aliphatic rings. The monoisotopic (exact) mass is 241 g/mol. The summed E-state index contributed by atoms with van der Waals surface area (Å²) in [6, 6.07) is 19.6. The molecule has 3 aromatic rings. The largest absolute Gasteiger partial charge is 0.362 e. The van der Waals surface area contributed by atoms with E-state index in [4.69, 9.17) is 16.0 Å². The number of hydrogen-bond donors (Lipinski definition) is 0. The second-order valence-electron chi connectivity index (χ2n) is 3.82. The van der Waals surface area contributed by atoms with Crippen molar-refractivity contribution in [3.8, 4) is 11.3 Å². The van der Waals surface area contributed by atoms with Crippen LogP contribution in [0.25, 0.3) is 22.3 Å². The van der Waals surface area contributed by atoms with Gasteiger partial charge in [0.1, 0.15) is 0 Å². The van der Waals surface area contributed by atoms with Crippen molar-refractivity contribution in [3.63, 3.8) is 0 Å². The molecule has 0 aliphatic heterocycles. The normalized spacial score (nSPS) is 10.6. The van der Waals surface area contributed by atoms with E-state index in [1.165, 1.54) is 0 Å². The summed E-state index contributed by atoms with van der Waals surface area (Å²) < 4.78 is 5.84. The molecule has 0 spiro atoms. The molecule has 2 aromatic carbocycles. The molecule has 3 rings (SSSR count). The first-order valence-corrected chi connectivity index (χ1v) is 5.79. The second-order valence-corrected chi connectivity index (χ2v) is 4.23. The molecule has 0 saturated heterocycles. The van der Waals surface area contributed by atoms with E-state index in [2.05, 4.69) is 0 Å². The zero-order valence-corrected chi connectivity index (χ0v) is 9.82. The first-order valence-electron chi connectivity index (χ1n) is 5.41. The summed E-state index contributed by atoms with van der Waals surface area (Å²) in [5.41, 5.74) is 1.83. The van der Waals surface area contributed by atoms with Crippen molar-refractivity contribution in [2.75, 3.05) is 0 Å². The number of benzene rings is 2. The van der Waals surface area contributed by atoms with Gasteiger partial charge in [-0.2, -0.15) is 0 Å². The predicted molar refractivity (Wildman–Crippen MR) is 71.1 cm³/mol. The van der Waals surface area contributed by atoms with E-state index in [0.717, 1.165) is 22.3 Å². The van der Waals surface area contributed by atoms with Crippen molar-refractivity contribution in [1.29, 1.82) is 0 Å². The average Bonchev–Trinajstić information content (AvgIpc) is 2.40. The van der Waals surface area contributed by atoms with Crippen LogP contribution in [0.5, 0.6) is 0 Å². The van der Waals surface area contributed by atoms with Crippen LogP contribution in [-0.4, -0.2) is 0 Å². The molecule has 0 radical (unpaired) electrons. The Morgan fingerprint density at radius 2 is 1.53 bits per heavy atom. The number of hydrogen-bond acceptors (Lipinski definition) is 0. The third kappa shape index (κ3) is 1.90. The summed E-state index contributed by atoms with van der Waals surface area (Å²) in [5.74, 6) is 0.786. The van der Waals surface area contributed by atoms with Crippen molar-refractivity contribution in [2.24, 2.45) is 0 Å².